The zero-order valence-electron chi connectivity index (χ0n) is 11.4. The Morgan fingerprint density at radius 3 is 2.95 bits per heavy atom. The molecule has 1 atom stereocenters. The molecule has 20 heavy (non-hydrogen) atoms. The van der Waals surface area contributed by atoms with Gasteiger partial charge in [-0.25, -0.2) is 12.7 Å². The molecule has 1 fully saturated rings. The summed E-state index contributed by atoms with van der Waals surface area (Å²) < 4.78 is 24.4. The average molecular weight is 297 g/mol. The van der Waals surface area contributed by atoms with Gasteiger partial charge < -0.3 is 5.32 Å². The average Bonchev–Trinajstić information content (AvgIpc) is 2.45. The monoisotopic (exact) mass is 297 g/mol. The highest BCUT2D eigenvalue weighted by molar-refractivity contribution is 7.88. The van der Waals surface area contributed by atoms with Gasteiger partial charge in [0.1, 0.15) is 0 Å². The van der Waals surface area contributed by atoms with Crippen LogP contribution in [-0.2, 0) is 21.4 Å². The Labute approximate surface area is 119 Å². The fourth-order valence-electron chi connectivity index (χ4n) is 2.28. The predicted octanol–water partition coefficient (Wildman–Crippen LogP) is 0.369. The molecule has 0 radical (unpaired) electrons. The van der Waals surface area contributed by atoms with E-state index < -0.39 is 10.0 Å². The lowest BCUT2D eigenvalue weighted by atomic mass is 9.99. The summed E-state index contributed by atoms with van der Waals surface area (Å²) in [4.78, 5) is 16.2. The minimum Gasteiger partial charge on any atom is -0.350 e. The summed E-state index contributed by atoms with van der Waals surface area (Å²) >= 11 is 0. The highest BCUT2D eigenvalue weighted by Gasteiger charge is 2.29. The molecule has 1 aliphatic heterocycles. The summed E-state index contributed by atoms with van der Waals surface area (Å²) in [6.45, 7) is 1.14. The molecule has 1 N–H and O–H groups in total. The Kier molecular flexibility index (Phi) is 4.72. The lowest BCUT2D eigenvalue weighted by Crippen LogP contribution is -2.44. The van der Waals surface area contributed by atoms with Gasteiger partial charge >= 0.3 is 0 Å². The Bertz CT molecular complexity index is 559. The number of piperidine rings is 1. The quantitative estimate of drug-likeness (QED) is 0.871. The van der Waals surface area contributed by atoms with Gasteiger partial charge in [0.2, 0.25) is 15.9 Å². The van der Waals surface area contributed by atoms with E-state index in [1.165, 1.54) is 10.6 Å². The van der Waals surface area contributed by atoms with Gasteiger partial charge in [0.15, 0.2) is 0 Å². The molecule has 1 saturated heterocycles. The van der Waals surface area contributed by atoms with E-state index in [9.17, 15) is 13.2 Å². The van der Waals surface area contributed by atoms with Crippen LogP contribution in [0.3, 0.4) is 0 Å². The predicted molar refractivity (Wildman–Crippen MR) is 75.2 cm³/mol. The number of hydrogen-bond acceptors (Lipinski definition) is 4. The molecule has 1 aromatic rings. The van der Waals surface area contributed by atoms with Crippen LogP contribution in [0.25, 0.3) is 0 Å². The maximum Gasteiger partial charge on any atom is 0.224 e. The molecule has 0 saturated carbocycles. The molecule has 6 nitrogen and oxygen atoms in total. The first kappa shape index (κ1) is 14.9. The van der Waals surface area contributed by atoms with Crippen LogP contribution in [0.4, 0.5) is 0 Å². The zero-order valence-corrected chi connectivity index (χ0v) is 12.3. The maximum absolute atomic E-state index is 12.1. The summed E-state index contributed by atoms with van der Waals surface area (Å²) in [5.41, 5.74) is 0.789. The molecule has 1 aromatic heterocycles. The molecule has 110 valence electrons. The highest BCUT2D eigenvalue weighted by atomic mass is 32.2. The third kappa shape index (κ3) is 4.01. The second kappa shape index (κ2) is 6.32. The van der Waals surface area contributed by atoms with Crippen molar-refractivity contribution in [2.45, 2.75) is 19.4 Å². The van der Waals surface area contributed by atoms with Crippen LogP contribution in [-0.4, -0.2) is 43.0 Å². The molecule has 1 amide bonds. The minimum absolute atomic E-state index is 0.107. The summed E-state index contributed by atoms with van der Waals surface area (Å²) in [5.74, 6) is -0.383. The molecule has 0 aromatic carbocycles. The number of amides is 1. The second-order valence-electron chi connectivity index (χ2n) is 5.00. The molecule has 0 spiro atoms. The molecule has 1 aliphatic rings. The topological polar surface area (TPSA) is 79.4 Å². The van der Waals surface area contributed by atoms with Crippen LogP contribution in [0.5, 0.6) is 0 Å². The number of carbonyl (C=O) groups excluding carboxylic acids is 1. The first-order valence-electron chi connectivity index (χ1n) is 6.59. The van der Waals surface area contributed by atoms with Gasteiger partial charge in [0, 0.05) is 19.3 Å². The van der Waals surface area contributed by atoms with Gasteiger partial charge in [-0.2, -0.15) is 0 Å². The van der Waals surface area contributed by atoms with Crippen molar-refractivity contribution in [3.8, 4) is 0 Å². The Hall–Kier alpha value is -1.47. The smallest absolute Gasteiger partial charge is 0.224 e. The Balaban J connectivity index is 1.89. The molecule has 0 unspecified atom stereocenters. The molecule has 7 heteroatoms. The van der Waals surface area contributed by atoms with Crippen molar-refractivity contribution < 1.29 is 13.2 Å². The van der Waals surface area contributed by atoms with Gasteiger partial charge in [-0.3, -0.25) is 9.78 Å². The summed E-state index contributed by atoms with van der Waals surface area (Å²) in [6.07, 6.45) is 4.30. The largest absolute Gasteiger partial charge is 0.350 e. The van der Waals surface area contributed by atoms with Crippen molar-refractivity contribution >= 4 is 15.9 Å². The van der Waals surface area contributed by atoms with Gasteiger partial charge in [0.25, 0.3) is 0 Å². The van der Waals surface area contributed by atoms with E-state index >= 15 is 0 Å². The SMILES string of the molecule is CS(=O)(=O)N1CCC[C@H](C(=O)NCc2ccccn2)C1. The number of nitrogens with zero attached hydrogens (tertiary/aromatic N) is 2. The van der Waals surface area contributed by atoms with Crippen molar-refractivity contribution in [2.75, 3.05) is 19.3 Å². The molecular weight excluding hydrogens is 278 g/mol. The second-order valence-corrected chi connectivity index (χ2v) is 6.98. The maximum atomic E-state index is 12.1. The van der Waals surface area contributed by atoms with E-state index in [0.717, 1.165) is 18.5 Å². The first-order chi connectivity index (χ1) is 9.47. The van der Waals surface area contributed by atoms with Crippen LogP contribution in [0.2, 0.25) is 0 Å². The van der Waals surface area contributed by atoms with Crippen LogP contribution < -0.4 is 5.32 Å². The number of pyridine rings is 1. The third-order valence-electron chi connectivity index (χ3n) is 3.39. The van der Waals surface area contributed by atoms with E-state index in [2.05, 4.69) is 10.3 Å². The lowest BCUT2D eigenvalue weighted by molar-refractivity contribution is -0.126. The van der Waals surface area contributed by atoms with Gasteiger partial charge in [-0.1, -0.05) is 6.07 Å². The van der Waals surface area contributed by atoms with Crippen molar-refractivity contribution in [3.05, 3.63) is 30.1 Å². The van der Waals surface area contributed by atoms with Crippen LogP contribution in [0, 0.1) is 5.92 Å². The van der Waals surface area contributed by atoms with Crippen molar-refractivity contribution in [1.29, 1.82) is 0 Å². The molecule has 2 heterocycles. The summed E-state index contributed by atoms with van der Waals surface area (Å²) in [7, 11) is -3.22. The standard InChI is InChI=1S/C13H19N3O3S/c1-20(18,19)16-8-4-5-11(10-16)13(17)15-9-12-6-2-3-7-14-12/h2-3,6-7,11H,4-5,8-10H2,1H3,(H,15,17)/t11-/m0/s1. The van der Waals surface area contributed by atoms with E-state index in [-0.39, 0.29) is 18.4 Å². The molecule has 2 rings (SSSR count). The Morgan fingerprint density at radius 1 is 1.50 bits per heavy atom. The summed E-state index contributed by atoms with van der Waals surface area (Å²) in [6, 6.07) is 5.51. The number of carbonyl (C=O) groups is 1. The van der Waals surface area contributed by atoms with E-state index in [1.54, 1.807) is 6.20 Å². The van der Waals surface area contributed by atoms with E-state index in [0.29, 0.717) is 13.1 Å². The van der Waals surface area contributed by atoms with Crippen LogP contribution in [0.15, 0.2) is 24.4 Å². The highest BCUT2D eigenvalue weighted by Crippen LogP contribution is 2.18. The minimum atomic E-state index is -3.22. The fraction of sp³-hybridized carbons (Fsp3) is 0.538. The van der Waals surface area contributed by atoms with Crippen LogP contribution in [0.1, 0.15) is 18.5 Å². The van der Waals surface area contributed by atoms with Crippen molar-refractivity contribution in [2.24, 2.45) is 5.92 Å². The van der Waals surface area contributed by atoms with E-state index in [4.69, 9.17) is 0 Å². The third-order valence-corrected chi connectivity index (χ3v) is 4.66. The summed E-state index contributed by atoms with van der Waals surface area (Å²) in [5, 5.41) is 2.82. The van der Waals surface area contributed by atoms with Crippen LogP contribution >= 0.6 is 0 Å². The number of hydrogen-bond donors (Lipinski definition) is 1. The van der Waals surface area contributed by atoms with Crippen molar-refractivity contribution in [1.82, 2.24) is 14.6 Å². The fourth-order valence-corrected chi connectivity index (χ4v) is 3.19. The number of rotatable bonds is 4. The van der Waals surface area contributed by atoms with Crippen molar-refractivity contribution in [3.63, 3.8) is 0 Å². The molecule has 0 bridgehead atoms. The zero-order chi connectivity index (χ0) is 14.6. The lowest BCUT2D eigenvalue weighted by Gasteiger charge is -2.30. The van der Waals surface area contributed by atoms with E-state index in [1.807, 2.05) is 18.2 Å². The molecular formula is C13H19N3O3S. The number of aromatic nitrogens is 1. The van der Waals surface area contributed by atoms with Gasteiger partial charge in [-0.05, 0) is 25.0 Å². The first-order valence-corrected chi connectivity index (χ1v) is 8.44. The normalized spacial score (nSPS) is 20.6. The Morgan fingerprint density at radius 2 is 2.30 bits per heavy atom. The number of sulfonamides is 1. The van der Waals surface area contributed by atoms with Gasteiger partial charge in [-0.15, -0.1) is 0 Å². The molecule has 0 aliphatic carbocycles. The van der Waals surface area contributed by atoms with Gasteiger partial charge in [0.05, 0.1) is 24.4 Å². The number of nitrogens with one attached hydrogen (secondary N) is 1.